The number of nitrogens with zero attached hydrogens (tertiary/aromatic N) is 1. The minimum Gasteiger partial charge on any atom is -0.412 e. The molecule has 1 heterocycles. The van der Waals surface area contributed by atoms with Gasteiger partial charge in [0.2, 0.25) is 0 Å². The maximum Gasteiger partial charge on any atom is 0.127 e. The molecule has 0 aromatic heterocycles. The van der Waals surface area contributed by atoms with Crippen LogP contribution in [-0.2, 0) is 6.54 Å². The maximum atomic E-state index is 13.4. The average Bonchev–Trinajstić information content (AvgIpc) is 2.25. The predicted octanol–water partition coefficient (Wildman–Crippen LogP) is 1.77. The number of rotatable bonds is 2. The Hall–Kier alpha value is -0.390. The van der Waals surface area contributed by atoms with Gasteiger partial charge >= 0.3 is 0 Å². The topological polar surface area (TPSA) is 60.8 Å². The Balaban J connectivity index is 0. The number of hydrogen-bond donors (Lipinski definition) is 1. The lowest BCUT2D eigenvalue weighted by molar-refractivity contribution is 0.203. The van der Waals surface area contributed by atoms with Crippen molar-refractivity contribution in [3.63, 3.8) is 0 Å². The van der Waals surface area contributed by atoms with Crippen LogP contribution in [0.1, 0.15) is 18.4 Å². The smallest absolute Gasteiger partial charge is 0.127 e. The van der Waals surface area contributed by atoms with Gasteiger partial charge in [-0.05, 0) is 32.0 Å². The van der Waals surface area contributed by atoms with Crippen LogP contribution in [0, 0.1) is 5.82 Å². The van der Waals surface area contributed by atoms with E-state index in [4.69, 9.17) is 5.73 Å². The fourth-order valence-electron chi connectivity index (χ4n) is 1.98. The summed E-state index contributed by atoms with van der Waals surface area (Å²) in [6, 6.07) is 7.32. The van der Waals surface area contributed by atoms with Crippen molar-refractivity contribution < 1.29 is 9.87 Å². The van der Waals surface area contributed by atoms with Crippen LogP contribution in [0.25, 0.3) is 0 Å². The van der Waals surface area contributed by atoms with E-state index in [0.717, 1.165) is 31.5 Å². The molecule has 0 bridgehead atoms. The summed E-state index contributed by atoms with van der Waals surface area (Å²) in [5.41, 5.74) is 6.60. The van der Waals surface area contributed by atoms with E-state index in [0.29, 0.717) is 12.6 Å². The highest BCUT2D eigenvalue weighted by Crippen LogP contribution is 2.14. The van der Waals surface area contributed by atoms with Gasteiger partial charge in [0.15, 0.2) is 0 Å². The van der Waals surface area contributed by atoms with Gasteiger partial charge in [-0.15, -0.1) is 24.8 Å². The molecule has 1 fully saturated rings. The van der Waals surface area contributed by atoms with Crippen LogP contribution < -0.4 is 5.73 Å². The third-order valence-electron chi connectivity index (χ3n) is 2.98. The Morgan fingerprint density at radius 1 is 1.17 bits per heavy atom. The maximum absolute atomic E-state index is 13.4. The van der Waals surface area contributed by atoms with Crippen molar-refractivity contribution in [3.8, 4) is 0 Å². The van der Waals surface area contributed by atoms with Crippen LogP contribution in [-0.4, -0.2) is 29.5 Å². The number of benzene rings is 1. The van der Waals surface area contributed by atoms with Crippen molar-refractivity contribution in [3.05, 3.63) is 35.6 Å². The van der Waals surface area contributed by atoms with Gasteiger partial charge in [-0.3, -0.25) is 4.90 Å². The third-order valence-corrected chi connectivity index (χ3v) is 2.98. The molecule has 0 radical (unpaired) electrons. The van der Waals surface area contributed by atoms with E-state index in [1.807, 2.05) is 12.1 Å². The quantitative estimate of drug-likeness (QED) is 0.904. The Morgan fingerprint density at radius 3 is 2.28 bits per heavy atom. The number of hydrogen-bond acceptors (Lipinski definition) is 2. The number of halogens is 3. The molecular formula is C12H21Cl2FN2O. The van der Waals surface area contributed by atoms with Gasteiger partial charge in [0, 0.05) is 18.2 Å². The summed E-state index contributed by atoms with van der Waals surface area (Å²) < 4.78 is 13.4. The molecule has 4 N–H and O–H groups in total. The highest BCUT2D eigenvalue weighted by atomic mass is 35.5. The van der Waals surface area contributed by atoms with Gasteiger partial charge in [0.25, 0.3) is 0 Å². The lowest BCUT2D eigenvalue weighted by Crippen LogP contribution is -2.39. The minimum absolute atomic E-state index is 0. The van der Waals surface area contributed by atoms with E-state index in [1.165, 1.54) is 6.07 Å². The Bertz CT molecular complexity index is 334. The Morgan fingerprint density at radius 2 is 1.72 bits per heavy atom. The van der Waals surface area contributed by atoms with E-state index in [9.17, 15) is 4.39 Å². The van der Waals surface area contributed by atoms with Gasteiger partial charge in [-0.2, -0.15) is 0 Å². The number of piperidine rings is 1. The molecule has 106 valence electrons. The normalized spacial score (nSPS) is 16.1. The molecule has 0 saturated carbocycles. The molecule has 1 aliphatic heterocycles. The van der Waals surface area contributed by atoms with E-state index in [2.05, 4.69) is 4.90 Å². The van der Waals surface area contributed by atoms with E-state index in [-0.39, 0.29) is 36.1 Å². The molecule has 1 saturated heterocycles. The summed E-state index contributed by atoms with van der Waals surface area (Å²) in [5.74, 6) is -0.104. The Labute approximate surface area is 120 Å². The lowest BCUT2D eigenvalue weighted by atomic mass is 10.1. The zero-order valence-electron chi connectivity index (χ0n) is 10.1. The highest BCUT2D eigenvalue weighted by molar-refractivity contribution is 5.85. The van der Waals surface area contributed by atoms with E-state index in [1.54, 1.807) is 6.07 Å². The van der Waals surface area contributed by atoms with Crippen LogP contribution >= 0.6 is 24.8 Å². The summed E-state index contributed by atoms with van der Waals surface area (Å²) in [7, 11) is 0. The summed E-state index contributed by atoms with van der Waals surface area (Å²) in [4.78, 5) is 2.27. The second-order valence-corrected chi connectivity index (χ2v) is 4.20. The zero-order chi connectivity index (χ0) is 10.7. The average molecular weight is 299 g/mol. The monoisotopic (exact) mass is 298 g/mol. The molecule has 2 rings (SSSR count). The van der Waals surface area contributed by atoms with Crippen molar-refractivity contribution >= 4 is 24.8 Å². The molecule has 0 aliphatic carbocycles. The van der Waals surface area contributed by atoms with Crippen molar-refractivity contribution in [2.75, 3.05) is 13.1 Å². The SMILES string of the molecule is Cl.Cl.NC1CCN(Cc2ccccc2F)CC1.O. The predicted molar refractivity (Wildman–Crippen MR) is 77.0 cm³/mol. The van der Waals surface area contributed by atoms with Crippen LogP contribution in [0.2, 0.25) is 0 Å². The summed E-state index contributed by atoms with van der Waals surface area (Å²) in [6.45, 7) is 2.67. The minimum atomic E-state index is -0.104. The first-order valence-electron chi connectivity index (χ1n) is 5.47. The molecule has 0 atom stereocenters. The van der Waals surface area contributed by atoms with Gasteiger partial charge in [0.05, 0.1) is 0 Å². The molecule has 1 aliphatic rings. The van der Waals surface area contributed by atoms with E-state index >= 15 is 0 Å². The molecule has 0 spiro atoms. The van der Waals surface area contributed by atoms with Crippen LogP contribution in [0.4, 0.5) is 4.39 Å². The lowest BCUT2D eigenvalue weighted by Gasteiger charge is -2.30. The Kier molecular flexibility index (Phi) is 10.6. The summed E-state index contributed by atoms with van der Waals surface area (Å²) >= 11 is 0. The van der Waals surface area contributed by atoms with Crippen LogP contribution in [0.3, 0.4) is 0 Å². The molecule has 0 amide bonds. The van der Waals surface area contributed by atoms with Crippen molar-refractivity contribution in [1.82, 2.24) is 4.90 Å². The standard InChI is InChI=1S/C12H17FN2.2ClH.H2O/c13-12-4-2-1-3-10(12)9-15-7-5-11(14)6-8-15;;;/h1-4,11H,5-9,14H2;2*1H;1H2. The highest BCUT2D eigenvalue weighted by Gasteiger charge is 2.16. The van der Waals surface area contributed by atoms with E-state index < -0.39 is 0 Å². The zero-order valence-corrected chi connectivity index (χ0v) is 11.8. The van der Waals surface area contributed by atoms with Gasteiger partial charge in [0.1, 0.15) is 5.82 Å². The van der Waals surface area contributed by atoms with Crippen molar-refractivity contribution in [1.29, 1.82) is 0 Å². The largest absolute Gasteiger partial charge is 0.412 e. The summed E-state index contributed by atoms with van der Waals surface area (Å²) in [5, 5.41) is 0. The van der Waals surface area contributed by atoms with Crippen LogP contribution in [0.15, 0.2) is 24.3 Å². The van der Waals surface area contributed by atoms with Gasteiger partial charge in [-0.1, -0.05) is 18.2 Å². The third kappa shape index (κ3) is 5.50. The van der Waals surface area contributed by atoms with Gasteiger partial charge < -0.3 is 11.2 Å². The molecule has 3 nitrogen and oxygen atoms in total. The molecule has 1 aromatic carbocycles. The van der Waals surface area contributed by atoms with Crippen molar-refractivity contribution in [2.45, 2.75) is 25.4 Å². The molecular weight excluding hydrogens is 278 g/mol. The molecule has 1 aromatic rings. The first-order valence-corrected chi connectivity index (χ1v) is 5.47. The first-order chi connectivity index (χ1) is 7.25. The second-order valence-electron chi connectivity index (χ2n) is 4.20. The fraction of sp³-hybridized carbons (Fsp3) is 0.500. The first kappa shape index (κ1) is 19.9. The molecule has 0 unspecified atom stereocenters. The second kappa shape index (κ2) is 9.53. The molecule has 18 heavy (non-hydrogen) atoms. The van der Waals surface area contributed by atoms with Crippen LogP contribution in [0.5, 0.6) is 0 Å². The molecule has 6 heteroatoms. The fourth-order valence-corrected chi connectivity index (χ4v) is 1.98. The number of nitrogens with two attached hydrogens (primary N) is 1. The number of likely N-dealkylation sites (tertiary alicyclic amines) is 1. The van der Waals surface area contributed by atoms with Crippen molar-refractivity contribution in [2.24, 2.45) is 5.73 Å². The van der Waals surface area contributed by atoms with Gasteiger partial charge in [-0.25, -0.2) is 4.39 Å². The summed E-state index contributed by atoms with van der Waals surface area (Å²) in [6.07, 6.45) is 2.04.